The zero-order valence-electron chi connectivity index (χ0n) is 11.7. The van der Waals surface area contributed by atoms with Crippen molar-refractivity contribution < 1.29 is 14.3 Å². The van der Waals surface area contributed by atoms with Gasteiger partial charge in [-0.05, 0) is 40.2 Å². The van der Waals surface area contributed by atoms with Gasteiger partial charge in [0.15, 0.2) is 5.70 Å². The Labute approximate surface area is 136 Å². The first-order valence-corrected chi connectivity index (χ1v) is 7.39. The minimum atomic E-state index is -0.475. The molecule has 5 heteroatoms. The van der Waals surface area contributed by atoms with Gasteiger partial charge in [0, 0.05) is 10.0 Å². The van der Waals surface area contributed by atoms with Crippen molar-refractivity contribution in [3.63, 3.8) is 0 Å². The number of rotatable bonds is 3. The van der Waals surface area contributed by atoms with E-state index in [1.54, 1.807) is 13.2 Å². The molecule has 0 atom stereocenters. The number of carbonyl (C=O) groups excluding carboxylic acids is 1. The summed E-state index contributed by atoms with van der Waals surface area (Å²) in [4.78, 5) is 16.3. The number of carbonyl (C=O) groups is 1. The lowest BCUT2D eigenvalue weighted by Gasteiger charge is -2.03. The van der Waals surface area contributed by atoms with Gasteiger partial charge in [-0.15, -0.1) is 0 Å². The molecule has 0 saturated heterocycles. The van der Waals surface area contributed by atoms with E-state index in [4.69, 9.17) is 9.47 Å². The SMILES string of the molecule is COc1ccccc1/C=C1\N=C(c2ccccc2Br)OC1=O. The van der Waals surface area contributed by atoms with Crippen molar-refractivity contribution >= 4 is 33.9 Å². The monoisotopic (exact) mass is 357 g/mol. The summed E-state index contributed by atoms with van der Waals surface area (Å²) >= 11 is 3.42. The van der Waals surface area contributed by atoms with Gasteiger partial charge in [0.25, 0.3) is 0 Å². The van der Waals surface area contributed by atoms with Crippen LogP contribution in [0, 0.1) is 0 Å². The third-order valence-electron chi connectivity index (χ3n) is 3.16. The Morgan fingerprint density at radius 1 is 1.14 bits per heavy atom. The van der Waals surface area contributed by atoms with Crippen LogP contribution in [0.1, 0.15) is 11.1 Å². The molecule has 0 aromatic heterocycles. The van der Waals surface area contributed by atoms with Crippen LogP contribution in [0.25, 0.3) is 6.08 Å². The molecule has 1 heterocycles. The second-order valence-corrected chi connectivity index (χ2v) is 5.41. The maximum absolute atomic E-state index is 12.0. The Morgan fingerprint density at radius 3 is 2.64 bits per heavy atom. The van der Waals surface area contributed by atoms with Crippen molar-refractivity contribution in [1.29, 1.82) is 0 Å². The molecule has 0 N–H and O–H groups in total. The Kier molecular flexibility index (Phi) is 4.06. The van der Waals surface area contributed by atoms with Crippen LogP contribution in [-0.4, -0.2) is 19.0 Å². The molecule has 1 aliphatic heterocycles. The molecule has 3 rings (SSSR count). The van der Waals surface area contributed by atoms with Crippen LogP contribution < -0.4 is 4.74 Å². The topological polar surface area (TPSA) is 47.9 Å². The number of ether oxygens (including phenoxy) is 2. The van der Waals surface area contributed by atoms with E-state index in [-0.39, 0.29) is 5.70 Å². The molecule has 0 radical (unpaired) electrons. The van der Waals surface area contributed by atoms with Crippen LogP contribution in [0.3, 0.4) is 0 Å². The first-order chi connectivity index (χ1) is 10.7. The highest BCUT2D eigenvalue weighted by Crippen LogP contribution is 2.26. The lowest BCUT2D eigenvalue weighted by atomic mass is 10.1. The maximum atomic E-state index is 12.0. The van der Waals surface area contributed by atoms with Crippen LogP contribution >= 0.6 is 15.9 Å². The second-order valence-electron chi connectivity index (χ2n) is 4.56. The number of hydrogen-bond acceptors (Lipinski definition) is 4. The molecule has 2 aromatic carbocycles. The third-order valence-corrected chi connectivity index (χ3v) is 3.85. The molecule has 0 unspecified atom stereocenters. The molecular formula is C17H12BrNO3. The third kappa shape index (κ3) is 2.80. The molecular weight excluding hydrogens is 346 g/mol. The second kappa shape index (κ2) is 6.15. The molecule has 110 valence electrons. The van der Waals surface area contributed by atoms with E-state index >= 15 is 0 Å². The van der Waals surface area contributed by atoms with E-state index in [2.05, 4.69) is 20.9 Å². The summed E-state index contributed by atoms with van der Waals surface area (Å²) in [6, 6.07) is 14.9. The Morgan fingerprint density at radius 2 is 1.86 bits per heavy atom. The van der Waals surface area contributed by atoms with Crippen molar-refractivity contribution in [3.05, 3.63) is 69.8 Å². The molecule has 0 spiro atoms. The van der Waals surface area contributed by atoms with E-state index in [9.17, 15) is 4.79 Å². The number of esters is 1. The van der Waals surface area contributed by atoms with Crippen LogP contribution in [-0.2, 0) is 9.53 Å². The van der Waals surface area contributed by atoms with Crippen LogP contribution in [0.2, 0.25) is 0 Å². The van der Waals surface area contributed by atoms with E-state index < -0.39 is 5.97 Å². The Hall–Kier alpha value is -2.40. The number of aliphatic imine (C=N–C) groups is 1. The zero-order valence-corrected chi connectivity index (χ0v) is 13.3. The predicted molar refractivity (Wildman–Crippen MR) is 87.7 cm³/mol. The molecule has 0 aliphatic carbocycles. The summed E-state index contributed by atoms with van der Waals surface area (Å²) in [6.07, 6.45) is 1.66. The van der Waals surface area contributed by atoms with Crippen LogP contribution in [0.5, 0.6) is 5.75 Å². The summed E-state index contributed by atoms with van der Waals surface area (Å²) in [7, 11) is 1.58. The quantitative estimate of drug-likeness (QED) is 0.619. The Bertz CT molecular complexity index is 796. The fourth-order valence-corrected chi connectivity index (χ4v) is 2.55. The lowest BCUT2D eigenvalue weighted by molar-refractivity contribution is -0.129. The Balaban J connectivity index is 2.00. The van der Waals surface area contributed by atoms with Crippen molar-refractivity contribution in [2.24, 2.45) is 4.99 Å². The van der Waals surface area contributed by atoms with Gasteiger partial charge in [0.05, 0.1) is 12.7 Å². The first kappa shape index (κ1) is 14.5. The highest BCUT2D eigenvalue weighted by atomic mass is 79.9. The molecule has 0 fully saturated rings. The van der Waals surface area contributed by atoms with E-state index in [1.165, 1.54) is 0 Å². The fraction of sp³-hybridized carbons (Fsp3) is 0.0588. The number of cyclic esters (lactones) is 1. The maximum Gasteiger partial charge on any atom is 0.363 e. The van der Waals surface area contributed by atoms with Gasteiger partial charge < -0.3 is 9.47 Å². The average Bonchev–Trinajstić information content (AvgIpc) is 2.89. The fourth-order valence-electron chi connectivity index (χ4n) is 2.09. The van der Waals surface area contributed by atoms with Crippen molar-refractivity contribution in [2.45, 2.75) is 0 Å². The molecule has 2 aromatic rings. The van der Waals surface area contributed by atoms with Gasteiger partial charge in [-0.1, -0.05) is 30.3 Å². The molecule has 0 amide bonds. The first-order valence-electron chi connectivity index (χ1n) is 6.59. The van der Waals surface area contributed by atoms with Crippen LogP contribution in [0.4, 0.5) is 0 Å². The summed E-state index contributed by atoms with van der Waals surface area (Å²) in [5, 5.41) is 0. The van der Waals surface area contributed by atoms with Crippen LogP contribution in [0.15, 0.2) is 63.7 Å². The van der Waals surface area contributed by atoms with Crippen molar-refractivity contribution in [2.75, 3.05) is 7.11 Å². The minimum absolute atomic E-state index is 0.246. The zero-order chi connectivity index (χ0) is 15.5. The number of benzene rings is 2. The summed E-state index contributed by atoms with van der Waals surface area (Å²) in [6.45, 7) is 0. The summed E-state index contributed by atoms with van der Waals surface area (Å²) < 4.78 is 11.3. The molecule has 1 aliphatic rings. The van der Waals surface area contributed by atoms with Gasteiger partial charge in [0.2, 0.25) is 5.90 Å². The molecule has 0 saturated carbocycles. The molecule has 0 bridgehead atoms. The van der Waals surface area contributed by atoms with Gasteiger partial charge >= 0.3 is 5.97 Å². The lowest BCUT2D eigenvalue weighted by Crippen LogP contribution is -2.05. The highest BCUT2D eigenvalue weighted by Gasteiger charge is 2.25. The smallest absolute Gasteiger partial charge is 0.363 e. The van der Waals surface area contributed by atoms with Gasteiger partial charge in [-0.2, -0.15) is 0 Å². The van der Waals surface area contributed by atoms with E-state index in [0.29, 0.717) is 11.6 Å². The normalized spacial score (nSPS) is 15.6. The number of para-hydroxylation sites is 1. The molecule has 4 nitrogen and oxygen atoms in total. The summed E-state index contributed by atoms with van der Waals surface area (Å²) in [5.74, 6) is 0.489. The van der Waals surface area contributed by atoms with E-state index in [0.717, 1.165) is 15.6 Å². The molecule has 22 heavy (non-hydrogen) atoms. The minimum Gasteiger partial charge on any atom is -0.496 e. The largest absolute Gasteiger partial charge is 0.496 e. The van der Waals surface area contributed by atoms with Gasteiger partial charge in [-0.3, -0.25) is 0 Å². The average molecular weight is 358 g/mol. The standard InChI is InChI=1S/C17H12BrNO3/c1-21-15-9-5-2-6-11(15)10-14-17(20)22-16(19-14)12-7-3-4-8-13(12)18/h2-10H,1H3/b14-10-. The summed E-state index contributed by atoms with van der Waals surface area (Å²) in [5.41, 5.74) is 1.75. The number of methoxy groups -OCH3 is 1. The predicted octanol–water partition coefficient (Wildman–Crippen LogP) is 3.80. The highest BCUT2D eigenvalue weighted by molar-refractivity contribution is 9.10. The van der Waals surface area contributed by atoms with E-state index in [1.807, 2.05) is 48.5 Å². The number of halogens is 1. The number of nitrogens with zero attached hydrogens (tertiary/aromatic N) is 1. The number of hydrogen-bond donors (Lipinski definition) is 0. The van der Waals surface area contributed by atoms with Gasteiger partial charge in [0.1, 0.15) is 5.75 Å². The van der Waals surface area contributed by atoms with Gasteiger partial charge in [-0.25, -0.2) is 9.79 Å². The van der Waals surface area contributed by atoms with Crippen molar-refractivity contribution in [1.82, 2.24) is 0 Å². The van der Waals surface area contributed by atoms with Crippen molar-refractivity contribution in [3.8, 4) is 5.75 Å².